The Morgan fingerprint density at radius 2 is 1.73 bits per heavy atom. The van der Waals surface area contributed by atoms with E-state index in [1.807, 2.05) is 38.2 Å². The Morgan fingerprint density at radius 3 is 2.27 bits per heavy atom. The van der Waals surface area contributed by atoms with Crippen molar-refractivity contribution in [3.05, 3.63) is 35.4 Å². The summed E-state index contributed by atoms with van der Waals surface area (Å²) in [6, 6.07) is 8.13. The highest BCUT2D eigenvalue weighted by Gasteiger charge is 2.14. The highest BCUT2D eigenvalue weighted by atomic mass is 16.2. The van der Waals surface area contributed by atoms with Crippen LogP contribution in [0.15, 0.2) is 24.3 Å². The van der Waals surface area contributed by atoms with Crippen molar-refractivity contribution in [2.45, 2.75) is 46.6 Å². The summed E-state index contributed by atoms with van der Waals surface area (Å²) >= 11 is 0. The van der Waals surface area contributed by atoms with Crippen LogP contribution in [-0.2, 0) is 16.1 Å². The topological polar surface area (TPSA) is 40.6 Å². The minimum absolute atomic E-state index is 0.00425. The molecule has 0 heterocycles. The van der Waals surface area contributed by atoms with Gasteiger partial charge in [0.15, 0.2) is 0 Å². The molecule has 4 nitrogen and oxygen atoms in total. The first-order valence-electron chi connectivity index (χ1n) is 7.99. The monoisotopic (exact) mass is 304 g/mol. The van der Waals surface area contributed by atoms with Crippen LogP contribution in [0.2, 0.25) is 0 Å². The zero-order chi connectivity index (χ0) is 16.5. The maximum atomic E-state index is 12.1. The molecule has 0 aliphatic carbocycles. The van der Waals surface area contributed by atoms with E-state index in [1.54, 1.807) is 16.7 Å². The minimum Gasteiger partial charge on any atom is -0.346 e. The number of nitrogens with zero attached hydrogens (tertiary/aromatic N) is 2. The van der Waals surface area contributed by atoms with Crippen molar-refractivity contribution in [2.24, 2.45) is 0 Å². The Bertz CT molecular complexity index is 482. The van der Waals surface area contributed by atoms with Crippen molar-refractivity contribution in [1.82, 2.24) is 9.80 Å². The van der Waals surface area contributed by atoms with Crippen LogP contribution in [0.1, 0.15) is 44.2 Å². The van der Waals surface area contributed by atoms with Crippen molar-refractivity contribution in [2.75, 3.05) is 20.1 Å². The number of rotatable bonds is 8. The van der Waals surface area contributed by atoms with Crippen molar-refractivity contribution >= 4 is 11.8 Å². The van der Waals surface area contributed by atoms with E-state index in [4.69, 9.17) is 0 Å². The van der Waals surface area contributed by atoms with Gasteiger partial charge in [0, 0.05) is 40.0 Å². The lowest BCUT2D eigenvalue weighted by molar-refractivity contribution is -0.133. The molecular weight excluding hydrogens is 276 g/mol. The van der Waals surface area contributed by atoms with Gasteiger partial charge in [-0.3, -0.25) is 9.59 Å². The van der Waals surface area contributed by atoms with Crippen molar-refractivity contribution < 1.29 is 9.59 Å². The molecule has 0 saturated carbocycles. The van der Waals surface area contributed by atoms with E-state index in [2.05, 4.69) is 6.92 Å². The van der Waals surface area contributed by atoms with Gasteiger partial charge in [0.1, 0.15) is 0 Å². The summed E-state index contributed by atoms with van der Waals surface area (Å²) in [6.07, 6.45) is 2.47. The number of amides is 2. The van der Waals surface area contributed by atoms with Crippen LogP contribution in [0.4, 0.5) is 0 Å². The quantitative estimate of drug-likeness (QED) is 0.741. The molecule has 1 rings (SSSR count). The van der Waals surface area contributed by atoms with E-state index in [0.717, 1.165) is 24.9 Å². The van der Waals surface area contributed by atoms with Gasteiger partial charge in [0.2, 0.25) is 11.8 Å². The fraction of sp³-hybridized carbons (Fsp3) is 0.556. The summed E-state index contributed by atoms with van der Waals surface area (Å²) in [4.78, 5) is 27.3. The average Bonchev–Trinajstić information content (AvgIpc) is 2.50. The van der Waals surface area contributed by atoms with Crippen LogP contribution in [0, 0.1) is 6.92 Å². The Hall–Kier alpha value is -1.84. The SMILES string of the molecule is CCCCN(C)C(=O)CCN(Cc1ccc(C)cc1)C(C)=O. The van der Waals surface area contributed by atoms with E-state index in [-0.39, 0.29) is 11.8 Å². The lowest BCUT2D eigenvalue weighted by Gasteiger charge is -2.23. The molecule has 0 unspecified atom stereocenters. The maximum absolute atomic E-state index is 12.1. The molecule has 0 spiro atoms. The molecule has 0 aromatic heterocycles. The molecule has 0 saturated heterocycles. The van der Waals surface area contributed by atoms with E-state index in [1.165, 1.54) is 5.56 Å². The fourth-order valence-corrected chi connectivity index (χ4v) is 2.20. The zero-order valence-electron chi connectivity index (χ0n) is 14.3. The van der Waals surface area contributed by atoms with Crippen LogP contribution in [0.5, 0.6) is 0 Å². The van der Waals surface area contributed by atoms with E-state index < -0.39 is 0 Å². The maximum Gasteiger partial charge on any atom is 0.224 e. The highest BCUT2D eigenvalue weighted by molar-refractivity contribution is 5.78. The first kappa shape index (κ1) is 18.2. The number of aryl methyl sites for hydroxylation is 1. The molecule has 1 aromatic rings. The van der Waals surface area contributed by atoms with Gasteiger partial charge >= 0.3 is 0 Å². The van der Waals surface area contributed by atoms with E-state index >= 15 is 0 Å². The van der Waals surface area contributed by atoms with Gasteiger partial charge in [-0.05, 0) is 18.9 Å². The standard InChI is InChI=1S/C18H28N2O2/c1-5-6-12-19(4)18(22)11-13-20(16(3)21)14-17-9-7-15(2)8-10-17/h7-10H,5-6,11-14H2,1-4H3. The normalized spacial score (nSPS) is 10.4. The number of carbonyl (C=O) groups is 2. The average molecular weight is 304 g/mol. The predicted octanol–water partition coefficient (Wildman–Crippen LogP) is 2.99. The Kier molecular flexibility index (Phi) is 7.64. The lowest BCUT2D eigenvalue weighted by Crippen LogP contribution is -2.34. The molecule has 1 aromatic carbocycles. The Balaban J connectivity index is 2.52. The molecular formula is C18H28N2O2. The first-order chi connectivity index (χ1) is 10.4. The molecule has 0 fully saturated rings. The fourth-order valence-electron chi connectivity index (χ4n) is 2.20. The number of unbranched alkanes of at least 4 members (excludes halogenated alkanes) is 1. The number of hydrogen-bond acceptors (Lipinski definition) is 2. The second-order valence-corrected chi connectivity index (χ2v) is 5.85. The van der Waals surface area contributed by atoms with Gasteiger partial charge in [-0.1, -0.05) is 43.2 Å². The molecule has 22 heavy (non-hydrogen) atoms. The summed E-state index contributed by atoms with van der Waals surface area (Å²) in [5, 5.41) is 0. The van der Waals surface area contributed by atoms with Crippen LogP contribution < -0.4 is 0 Å². The van der Waals surface area contributed by atoms with Crippen molar-refractivity contribution in [3.63, 3.8) is 0 Å². The lowest BCUT2D eigenvalue weighted by atomic mass is 10.1. The van der Waals surface area contributed by atoms with Gasteiger partial charge in [-0.2, -0.15) is 0 Å². The number of carbonyl (C=O) groups excluding carboxylic acids is 2. The molecule has 0 atom stereocenters. The summed E-state index contributed by atoms with van der Waals surface area (Å²) in [5.74, 6) is 0.105. The predicted molar refractivity (Wildman–Crippen MR) is 89.4 cm³/mol. The molecule has 0 radical (unpaired) electrons. The second kappa shape index (κ2) is 9.23. The molecule has 122 valence electrons. The van der Waals surface area contributed by atoms with Gasteiger partial charge in [0.05, 0.1) is 0 Å². The van der Waals surface area contributed by atoms with Crippen LogP contribution in [-0.4, -0.2) is 41.8 Å². The summed E-state index contributed by atoms with van der Waals surface area (Å²) in [5.41, 5.74) is 2.29. The third kappa shape index (κ3) is 6.29. The second-order valence-electron chi connectivity index (χ2n) is 5.85. The third-order valence-corrected chi connectivity index (χ3v) is 3.81. The van der Waals surface area contributed by atoms with Crippen molar-refractivity contribution in [1.29, 1.82) is 0 Å². The third-order valence-electron chi connectivity index (χ3n) is 3.81. The summed E-state index contributed by atoms with van der Waals surface area (Å²) in [6.45, 7) is 7.52. The van der Waals surface area contributed by atoms with Crippen LogP contribution in [0.25, 0.3) is 0 Å². The summed E-state index contributed by atoms with van der Waals surface area (Å²) in [7, 11) is 1.83. The molecule has 2 amide bonds. The Morgan fingerprint density at radius 1 is 1.09 bits per heavy atom. The number of hydrogen-bond donors (Lipinski definition) is 0. The largest absolute Gasteiger partial charge is 0.346 e. The number of benzene rings is 1. The molecule has 0 aliphatic heterocycles. The molecule has 4 heteroatoms. The van der Waals surface area contributed by atoms with Crippen molar-refractivity contribution in [3.8, 4) is 0 Å². The van der Waals surface area contributed by atoms with Crippen LogP contribution >= 0.6 is 0 Å². The molecule has 0 N–H and O–H groups in total. The van der Waals surface area contributed by atoms with E-state index in [9.17, 15) is 9.59 Å². The van der Waals surface area contributed by atoms with Gasteiger partial charge in [0.25, 0.3) is 0 Å². The zero-order valence-corrected chi connectivity index (χ0v) is 14.3. The van der Waals surface area contributed by atoms with Crippen LogP contribution in [0.3, 0.4) is 0 Å². The Labute approximate surface area is 134 Å². The molecule has 0 aliphatic rings. The summed E-state index contributed by atoms with van der Waals surface area (Å²) < 4.78 is 0. The van der Waals surface area contributed by atoms with Gasteiger partial charge in [-0.25, -0.2) is 0 Å². The van der Waals surface area contributed by atoms with Gasteiger partial charge < -0.3 is 9.80 Å². The highest BCUT2D eigenvalue weighted by Crippen LogP contribution is 2.08. The smallest absolute Gasteiger partial charge is 0.224 e. The molecule has 0 bridgehead atoms. The van der Waals surface area contributed by atoms with E-state index in [0.29, 0.717) is 19.5 Å². The first-order valence-corrected chi connectivity index (χ1v) is 7.99. The minimum atomic E-state index is 0.00425. The van der Waals surface area contributed by atoms with Gasteiger partial charge in [-0.15, -0.1) is 0 Å².